The number of amides is 1. The number of carbonyl (C=O) groups is 1. The Kier molecular flexibility index (Phi) is 2.03. The molecule has 0 radical (unpaired) electrons. The third kappa shape index (κ3) is 1.62. The summed E-state index contributed by atoms with van der Waals surface area (Å²) in [5.41, 5.74) is -0.204. The summed E-state index contributed by atoms with van der Waals surface area (Å²) in [5, 5.41) is 2.89. The second-order valence-corrected chi connectivity index (χ2v) is 3.49. The van der Waals surface area contributed by atoms with Crippen LogP contribution in [0.4, 0.5) is 0 Å². The first kappa shape index (κ1) is 8.31. The summed E-state index contributed by atoms with van der Waals surface area (Å²) in [7, 11) is 0. The molecule has 62 valence electrons. The van der Waals surface area contributed by atoms with Crippen molar-refractivity contribution in [2.45, 2.75) is 32.7 Å². The van der Waals surface area contributed by atoms with Gasteiger partial charge in [-0.1, -0.05) is 6.08 Å². The fourth-order valence-corrected chi connectivity index (χ4v) is 1.06. The van der Waals surface area contributed by atoms with E-state index in [1.807, 2.05) is 13.8 Å². The van der Waals surface area contributed by atoms with Crippen molar-refractivity contribution in [2.75, 3.05) is 0 Å². The molecule has 0 heterocycles. The van der Waals surface area contributed by atoms with Crippen LogP contribution in [0.3, 0.4) is 0 Å². The van der Waals surface area contributed by atoms with Crippen LogP contribution in [0.2, 0.25) is 0 Å². The average molecular weight is 153 g/mol. The molecule has 0 unspecified atom stereocenters. The van der Waals surface area contributed by atoms with Gasteiger partial charge in [0.1, 0.15) is 0 Å². The summed E-state index contributed by atoms with van der Waals surface area (Å²) in [5.74, 6) is 0.141. The highest BCUT2D eigenvalue weighted by atomic mass is 16.2. The fourth-order valence-electron chi connectivity index (χ4n) is 1.06. The summed E-state index contributed by atoms with van der Waals surface area (Å²) in [4.78, 5) is 11.4. The van der Waals surface area contributed by atoms with Crippen LogP contribution in [-0.2, 0) is 4.79 Å². The number of carbonyl (C=O) groups excluding carboxylic acids is 1. The Balaban J connectivity index is 2.48. The Morgan fingerprint density at radius 2 is 2.18 bits per heavy atom. The van der Waals surface area contributed by atoms with E-state index in [1.54, 1.807) is 6.08 Å². The van der Waals surface area contributed by atoms with Crippen molar-refractivity contribution in [1.82, 2.24) is 5.32 Å². The maximum Gasteiger partial charge on any atom is 0.230 e. The first-order valence-electron chi connectivity index (χ1n) is 4.05. The van der Waals surface area contributed by atoms with Crippen molar-refractivity contribution in [3.8, 4) is 0 Å². The van der Waals surface area contributed by atoms with Gasteiger partial charge in [0.25, 0.3) is 0 Å². The lowest BCUT2D eigenvalue weighted by molar-refractivity contribution is -0.125. The summed E-state index contributed by atoms with van der Waals surface area (Å²) >= 11 is 0. The van der Waals surface area contributed by atoms with Crippen molar-refractivity contribution >= 4 is 5.91 Å². The summed E-state index contributed by atoms with van der Waals surface area (Å²) in [6.45, 7) is 7.60. The van der Waals surface area contributed by atoms with E-state index < -0.39 is 0 Å². The number of nitrogens with one attached hydrogen (secondary N) is 1. The van der Waals surface area contributed by atoms with Crippen molar-refractivity contribution in [3.63, 3.8) is 0 Å². The van der Waals surface area contributed by atoms with E-state index in [9.17, 15) is 4.79 Å². The van der Waals surface area contributed by atoms with E-state index in [4.69, 9.17) is 0 Å². The molecular weight excluding hydrogens is 138 g/mol. The topological polar surface area (TPSA) is 29.1 Å². The molecule has 0 aromatic carbocycles. The monoisotopic (exact) mass is 153 g/mol. The molecule has 1 aliphatic rings. The molecule has 0 saturated heterocycles. The van der Waals surface area contributed by atoms with Gasteiger partial charge in [-0.15, -0.1) is 6.58 Å². The zero-order chi connectivity index (χ0) is 8.48. The summed E-state index contributed by atoms with van der Waals surface area (Å²) in [6, 6.07) is 0.236. The molecule has 1 amide bonds. The molecule has 1 saturated carbocycles. The third-order valence-corrected chi connectivity index (χ3v) is 2.05. The van der Waals surface area contributed by atoms with Crippen LogP contribution >= 0.6 is 0 Å². The molecule has 0 bridgehead atoms. The lowest BCUT2D eigenvalue weighted by atomic mass is 10.1. The average Bonchev–Trinajstić information content (AvgIpc) is 2.65. The van der Waals surface area contributed by atoms with Crippen LogP contribution < -0.4 is 5.32 Å². The van der Waals surface area contributed by atoms with Crippen LogP contribution in [0.15, 0.2) is 12.7 Å². The quantitative estimate of drug-likeness (QED) is 0.611. The largest absolute Gasteiger partial charge is 0.353 e. The first-order valence-corrected chi connectivity index (χ1v) is 4.05. The van der Waals surface area contributed by atoms with E-state index >= 15 is 0 Å². The van der Waals surface area contributed by atoms with Gasteiger partial charge in [0.15, 0.2) is 0 Å². The Bertz CT molecular complexity index is 180. The van der Waals surface area contributed by atoms with Gasteiger partial charge in [-0.05, 0) is 26.7 Å². The highest BCUT2D eigenvalue weighted by molar-refractivity contribution is 5.87. The molecule has 1 aliphatic carbocycles. The Hall–Kier alpha value is -0.790. The summed E-state index contributed by atoms with van der Waals surface area (Å²) in [6.07, 6.45) is 3.70. The van der Waals surface area contributed by atoms with Gasteiger partial charge < -0.3 is 5.32 Å². The van der Waals surface area contributed by atoms with Crippen molar-refractivity contribution in [1.29, 1.82) is 0 Å². The van der Waals surface area contributed by atoms with Crippen LogP contribution in [0.1, 0.15) is 26.7 Å². The van der Waals surface area contributed by atoms with Gasteiger partial charge in [0.2, 0.25) is 5.91 Å². The van der Waals surface area contributed by atoms with Gasteiger partial charge in [-0.25, -0.2) is 0 Å². The number of hydrogen-bond acceptors (Lipinski definition) is 1. The highest BCUT2D eigenvalue weighted by Gasteiger charge is 2.46. The second kappa shape index (κ2) is 2.68. The molecule has 0 spiro atoms. The van der Waals surface area contributed by atoms with Gasteiger partial charge in [-0.3, -0.25) is 4.79 Å². The van der Waals surface area contributed by atoms with Crippen molar-refractivity contribution in [2.24, 2.45) is 5.41 Å². The van der Waals surface area contributed by atoms with E-state index in [1.165, 1.54) is 0 Å². The zero-order valence-electron chi connectivity index (χ0n) is 7.18. The van der Waals surface area contributed by atoms with E-state index in [-0.39, 0.29) is 17.4 Å². The molecule has 11 heavy (non-hydrogen) atoms. The summed E-state index contributed by atoms with van der Waals surface area (Å²) < 4.78 is 0. The minimum absolute atomic E-state index is 0.141. The molecule has 0 atom stereocenters. The Labute approximate surface area is 67.7 Å². The molecule has 0 aliphatic heterocycles. The minimum Gasteiger partial charge on any atom is -0.353 e. The maximum atomic E-state index is 11.4. The van der Waals surface area contributed by atoms with E-state index in [0.29, 0.717) is 0 Å². The fraction of sp³-hybridized carbons (Fsp3) is 0.667. The first-order chi connectivity index (χ1) is 5.10. The van der Waals surface area contributed by atoms with Gasteiger partial charge in [-0.2, -0.15) is 0 Å². The normalized spacial score (nSPS) is 19.5. The predicted molar refractivity (Wildman–Crippen MR) is 45.1 cm³/mol. The Morgan fingerprint density at radius 3 is 2.45 bits per heavy atom. The van der Waals surface area contributed by atoms with Crippen LogP contribution in [0.25, 0.3) is 0 Å². The predicted octanol–water partition coefficient (Wildman–Crippen LogP) is 1.48. The van der Waals surface area contributed by atoms with Gasteiger partial charge in [0.05, 0.1) is 5.41 Å². The highest BCUT2D eigenvalue weighted by Crippen LogP contribution is 2.46. The van der Waals surface area contributed by atoms with Crippen LogP contribution in [-0.4, -0.2) is 11.9 Å². The Morgan fingerprint density at radius 1 is 1.64 bits per heavy atom. The van der Waals surface area contributed by atoms with Crippen molar-refractivity contribution in [3.05, 3.63) is 12.7 Å². The SMILES string of the molecule is C=CC1(C(=O)NC(C)C)CC1. The zero-order valence-corrected chi connectivity index (χ0v) is 7.18. The van der Waals surface area contributed by atoms with Gasteiger partial charge >= 0.3 is 0 Å². The molecule has 1 N–H and O–H groups in total. The van der Waals surface area contributed by atoms with Gasteiger partial charge in [0, 0.05) is 6.04 Å². The number of hydrogen-bond donors (Lipinski definition) is 1. The molecule has 2 nitrogen and oxygen atoms in total. The standard InChI is InChI=1S/C9H15NO/c1-4-9(5-6-9)8(11)10-7(2)3/h4,7H,1,5-6H2,2-3H3,(H,10,11). The lowest BCUT2D eigenvalue weighted by Gasteiger charge is -2.12. The molecule has 0 aromatic heterocycles. The van der Waals surface area contributed by atoms with E-state index in [0.717, 1.165) is 12.8 Å². The molecule has 2 heteroatoms. The van der Waals surface area contributed by atoms with E-state index in [2.05, 4.69) is 11.9 Å². The van der Waals surface area contributed by atoms with Crippen LogP contribution in [0, 0.1) is 5.41 Å². The molecule has 1 fully saturated rings. The third-order valence-electron chi connectivity index (χ3n) is 2.05. The lowest BCUT2D eigenvalue weighted by Crippen LogP contribution is -2.35. The second-order valence-electron chi connectivity index (χ2n) is 3.49. The molecule has 1 rings (SSSR count). The van der Waals surface area contributed by atoms with Crippen LogP contribution in [0.5, 0.6) is 0 Å². The maximum absolute atomic E-state index is 11.4. The molecular formula is C9H15NO. The molecule has 0 aromatic rings. The van der Waals surface area contributed by atoms with Crippen molar-refractivity contribution < 1.29 is 4.79 Å². The number of rotatable bonds is 3. The smallest absolute Gasteiger partial charge is 0.230 e. The minimum atomic E-state index is -0.204.